The van der Waals surface area contributed by atoms with Crippen LogP contribution in [0.2, 0.25) is 5.02 Å². The van der Waals surface area contributed by atoms with Crippen LogP contribution in [0.25, 0.3) is 0 Å². The van der Waals surface area contributed by atoms with Crippen molar-refractivity contribution in [2.75, 3.05) is 25.0 Å². The Bertz CT molecular complexity index is 489. The van der Waals surface area contributed by atoms with Crippen molar-refractivity contribution in [3.63, 3.8) is 0 Å². The predicted molar refractivity (Wildman–Crippen MR) is 88.7 cm³/mol. The Hall–Kier alpha value is -0.970. The van der Waals surface area contributed by atoms with Crippen molar-refractivity contribution in [3.05, 3.63) is 23.2 Å². The smallest absolute Gasteiger partial charge is 0.231 e. The number of ether oxygens (including phenoxy) is 1. The second kappa shape index (κ2) is 7.87. The molecule has 118 valence electrons. The van der Waals surface area contributed by atoms with Crippen molar-refractivity contribution in [3.8, 4) is 5.75 Å². The highest BCUT2D eigenvalue weighted by Crippen LogP contribution is 2.30. The first kappa shape index (κ1) is 18.1. The quantitative estimate of drug-likeness (QED) is 0.867. The highest BCUT2D eigenvalue weighted by atomic mass is 35.5. The van der Waals surface area contributed by atoms with Gasteiger partial charge in [-0.05, 0) is 44.5 Å². The lowest BCUT2D eigenvalue weighted by Crippen LogP contribution is -2.35. The molecule has 1 amide bonds. The number of amides is 1. The maximum absolute atomic E-state index is 12.3. The molecule has 1 fully saturated rings. The van der Waals surface area contributed by atoms with E-state index in [1.165, 1.54) is 0 Å². The molecule has 0 aromatic heterocycles. The Labute approximate surface area is 137 Å². The number of anilines is 1. The number of rotatable bonds is 5. The molecule has 21 heavy (non-hydrogen) atoms. The van der Waals surface area contributed by atoms with Crippen LogP contribution in [-0.2, 0) is 4.79 Å². The molecule has 1 heterocycles. The van der Waals surface area contributed by atoms with Crippen LogP contribution in [0.5, 0.6) is 5.75 Å². The Kier molecular flexibility index (Phi) is 6.78. The van der Waals surface area contributed by atoms with Crippen molar-refractivity contribution in [2.45, 2.75) is 26.7 Å². The van der Waals surface area contributed by atoms with Crippen molar-refractivity contribution in [1.82, 2.24) is 5.32 Å². The third kappa shape index (κ3) is 4.50. The molecule has 2 rings (SSSR count). The van der Waals surface area contributed by atoms with E-state index in [9.17, 15) is 4.79 Å². The van der Waals surface area contributed by atoms with Gasteiger partial charge in [-0.15, -0.1) is 12.4 Å². The molecule has 4 nitrogen and oxygen atoms in total. The third-order valence-corrected chi connectivity index (χ3v) is 3.86. The number of benzene rings is 1. The van der Waals surface area contributed by atoms with E-state index in [4.69, 9.17) is 16.3 Å². The average Bonchev–Trinajstić information content (AvgIpc) is 2.86. The van der Waals surface area contributed by atoms with E-state index >= 15 is 0 Å². The van der Waals surface area contributed by atoms with Crippen molar-refractivity contribution >= 4 is 35.6 Å². The zero-order valence-corrected chi connectivity index (χ0v) is 13.9. The fourth-order valence-corrected chi connectivity index (χ4v) is 2.44. The van der Waals surface area contributed by atoms with Crippen LogP contribution in [0.15, 0.2) is 18.2 Å². The summed E-state index contributed by atoms with van der Waals surface area (Å²) in [5, 5.41) is 6.67. The van der Waals surface area contributed by atoms with Gasteiger partial charge >= 0.3 is 0 Å². The lowest BCUT2D eigenvalue weighted by Gasteiger charge is -2.21. The molecule has 1 atom stereocenters. The first-order valence-corrected chi connectivity index (χ1v) is 7.37. The Balaban J connectivity index is 0.00000220. The van der Waals surface area contributed by atoms with E-state index < -0.39 is 0 Å². The van der Waals surface area contributed by atoms with Crippen LogP contribution in [0.4, 0.5) is 5.69 Å². The summed E-state index contributed by atoms with van der Waals surface area (Å²) < 4.78 is 5.51. The molecule has 0 radical (unpaired) electrons. The molecular formula is C15H22Cl2N2O2. The minimum atomic E-state index is -0.343. The van der Waals surface area contributed by atoms with Gasteiger partial charge in [0.2, 0.25) is 5.91 Å². The topological polar surface area (TPSA) is 50.4 Å². The van der Waals surface area contributed by atoms with Gasteiger partial charge in [-0.1, -0.05) is 18.5 Å². The van der Waals surface area contributed by atoms with E-state index in [0.29, 0.717) is 29.6 Å². The fraction of sp³-hybridized carbons (Fsp3) is 0.533. The van der Waals surface area contributed by atoms with E-state index in [-0.39, 0.29) is 23.7 Å². The molecular weight excluding hydrogens is 311 g/mol. The van der Waals surface area contributed by atoms with Crippen molar-refractivity contribution < 1.29 is 9.53 Å². The number of carbonyl (C=O) groups is 1. The predicted octanol–water partition coefficient (Wildman–Crippen LogP) is 3.49. The third-order valence-electron chi connectivity index (χ3n) is 3.57. The zero-order valence-electron chi connectivity index (χ0n) is 12.4. The lowest BCUT2D eigenvalue weighted by molar-refractivity contribution is -0.123. The molecule has 1 aliphatic heterocycles. The molecule has 1 aromatic rings. The molecule has 1 aliphatic rings. The first-order valence-electron chi connectivity index (χ1n) is 7.00. The summed E-state index contributed by atoms with van der Waals surface area (Å²) in [5.41, 5.74) is 0.362. The van der Waals surface area contributed by atoms with Gasteiger partial charge in [0.25, 0.3) is 0 Å². The Morgan fingerprint density at radius 3 is 2.86 bits per heavy atom. The van der Waals surface area contributed by atoms with Crippen LogP contribution in [0.1, 0.15) is 26.7 Å². The van der Waals surface area contributed by atoms with Gasteiger partial charge in [-0.2, -0.15) is 0 Å². The van der Waals surface area contributed by atoms with Gasteiger partial charge in [0.05, 0.1) is 17.0 Å². The van der Waals surface area contributed by atoms with Gasteiger partial charge < -0.3 is 15.4 Å². The Morgan fingerprint density at radius 1 is 1.52 bits per heavy atom. The van der Waals surface area contributed by atoms with Crippen LogP contribution in [0.3, 0.4) is 0 Å². The Morgan fingerprint density at radius 2 is 2.29 bits per heavy atom. The van der Waals surface area contributed by atoms with Gasteiger partial charge in [0.15, 0.2) is 0 Å². The van der Waals surface area contributed by atoms with E-state index in [1.807, 2.05) is 19.9 Å². The van der Waals surface area contributed by atoms with Gasteiger partial charge in [-0.25, -0.2) is 0 Å². The molecule has 1 unspecified atom stereocenters. The summed E-state index contributed by atoms with van der Waals surface area (Å²) in [6, 6.07) is 5.35. The summed E-state index contributed by atoms with van der Waals surface area (Å²) in [4.78, 5) is 12.3. The number of halogens is 2. The van der Waals surface area contributed by atoms with E-state index in [2.05, 4.69) is 10.6 Å². The van der Waals surface area contributed by atoms with Gasteiger partial charge in [0, 0.05) is 12.2 Å². The van der Waals surface area contributed by atoms with Gasteiger partial charge in [-0.3, -0.25) is 4.79 Å². The molecule has 0 bridgehead atoms. The normalized spacial score (nSPS) is 20.7. The minimum absolute atomic E-state index is 0. The molecule has 1 saturated heterocycles. The van der Waals surface area contributed by atoms with E-state index in [1.54, 1.807) is 12.1 Å². The number of hydrogen-bond acceptors (Lipinski definition) is 3. The fourth-order valence-electron chi connectivity index (χ4n) is 2.20. The standard InChI is InChI=1S/C15H21ClN2O2.ClH/c1-3-8-20-13-5-4-11(9-12(13)16)18-14(19)15(2)6-7-17-10-15;/h4-5,9,17H,3,6-8,10H2,1-2H3,(H,18,19);1H. The van der Waals surface area contributed by atoms with E-state index in [0.717, 1.165) is 19.4 Å². The average molecular weight is 333 g/mol. The largest absolute Gasteiger partial charge is 0.492 e. The second-order valence-electron chi connectivity index (χ2n) is 5.44. The molecule has 0 spiro atoms. The highest BCUT2D eigenvalue weighted by molar-refractivity contribution is 6.32. The highest BCUT2D eigenvalue weighted by Gasteiger charge is 2.36. The first-order chi connectivity index (χ1) is 9.55. The molecule has 0 aliphatic carbocycles. The summed E-state index contributed by atoms with van der Waals surface area (Å²) in [6.45, 7) is 6.25. The summed E-state index contributed by atoms with van der Waals surface area (Å²) in [6.07, 6.45) is 1.78. The number of hydrogen-bond donors (Lipinski definition) is 2. The zero-order chi connectivity index (χ0) is 14.6. The maximum atomic E-state index is 12.3. The lowest BCUT2D eigenvalue weighted by atomic mass is 9.89. The van der Waals surface area contributed by atoms with Crippen LogP contribution in [0, 0.1) is 5.41 Å². The molecule has 0 saturated carbocycles. The summed E-state index contributed by atoms with van der Waals surface area (Å²) in [5.74, 6) is 0.682. The second-order valence-corrected chi connectivity index (χ2v) is 5.84. The van der Waals surface area contributed by atoms with Crippen LogP contribution < -0.4 is 15.4 Å². The monoisotopic (exact) mass is 332 g/mol. The SMILES string of the molecule is CCCOc1ccc(NC(=O)C2(C)CCNC2)cc1Cl.Cl. The summed E-state index contributed by atoms with van der Waals surface area (Å²) >= 11 is 6.15. The van der Waals surface area contributed by atoms with Crippen molar-refractivity contribution in [1.29, 1.82) is 0 Å². The summed E-state index contributed by atoms with van der Waals surface area (Å²) in [7, 11) is 0. The maximum Gasteiger partial charge on any atom is 0.231 e. The number of nitrogens with one attached hydrogen (secondary N) is 2. The minimum Gasteiger partial charge on any atom is -0.492 e. The van der Waals surface area contributed by atoms with Gasteiger partial charge in [0.1, 0.15) is 5.75 Å². The molecule has 6 heteroatoms. The number of carbonyl (C=O) groups excluding carboxylic acids is 1. The molecule has 1 aromatic carbocycles. The van der Waals surface area contributed by atoms with Crippen LogP contribution >= 0.6 is 24.0 Å². The van der Waals surface area contributed by atoms with Crippen LogP contribution in [-0.4, -0.2) is 25.6 Å². The molecule has 2 N–H and O–H groups in total. The van der Waals surface area contributed by atoms with Crippen molar-refractivity contribution in [2.24, 2.45) is 5.41 Å².